The van der Waals surface area contributed by atoms with Crippen LogP contribution in [0.5, 0.6) is 5.75 Å². The van der Waals surface area contributed by atoms with E-state index in [0.717, 1.165) is 23.4 Å². The van der Waals surface area contributed by atoms with Crippen LogP contribution in [0.15, 0.2) is 12.1 Å². The van der Waals surface area contributed by atoms with Crippen LogP contribution in [0, 0.1) is 20.8 Å². The first-order valence-electron chi connectivity index (χ1n) is 7.79. The van der Waals surface area contributed by atoms with E-state index < -0.39 is 6.10 Å². The predicted octanol–water partition coefficient (Wildman–Crippen LogP) is 1.17. The number of aryl methyl sites for hydroxylation is 2. The summed E-state index contributed by atoms with van der Waals surface area (Å²) in [7, 11) is 0. The van der Waals surface area contributed by atoms with Gasteiger partial charge in [-0.05, 0) is 44.4 Å². The smallest absolute Gasteiger partial charge is 0.237 e. The molecule has 22 heavy (non-hydrogen) atoms. The van der Waals surface area contributed by atoms with E-state index in [1.807, 2.05) is 38.7 Å². The van der Waals surface area contributed by atoms with Crippen molar-refractivity contribution >= 4 is 5.91 Å². The van der Waals surface area contributed by atoms with Gasteiger partial charge in [-0.3, -0.25) is 9.69 Å². The molecule has 1 heterocycles. The number of carbonyl (C=O) groups is 1. The van der Waals surface area contributed by atoms with E-state index in [4.69, 9.17) is 4.74 Å². The Hall–Kier alpha value is -1.59. The molecule has 5 heteroatoms. The number of amides is 1. The quantitative estimate of drug-likeness (QED) is 0.857. The first kappa shape index (κ1) is 16.8. The highest BCUT2D eigenvalue weighted by molar-refractivity contribution is 5.81. The van der Waals surface area contributed by atoms with Gasteiger partial charge in [-0.25, -0.2) is 0 Å². The van der Waals surface area contributed by atoms with E-state index >= 15 is 0 Å². The van der Waals surface area contributed by atoms with Crippen LogP contribution >= 0.6 is 0 Å². The molecule has 0 unspecified atom stereocenters. The minimum absolute atomic E-state index is 0.0183. The number of aliphatic hydroxyl groups excluding tert-OH is 1. The summed E-state index contributed by atoms with van der Waals surface area (Å²) in [5.74, 6) is 0.869. The van der Waals surface area contributed by atoms with Crippen LogP contribution in [0.1, 0.15) is 23.6 Å². The molecule has 1 aromatic carbocycles. The van der Waals surface area contributed by atoms with Crippen LogP contribution in [-0.4, -0.2) is 54.3 Å². The molecular weight excluding hydrogens is 280 g/mol. The molecule has 0 aliphatic carbocycles. The molecule has 1 aromatic rings. The monoisotopic (exact) mass is 306 g/mol. The Balaban J connectivity index is 1.92. The van der Waals surface area contributed by atoms with Crippen LogP contribution in [0.25, 0.3) is 0 Å². The molecular formula is C17H26N2O3. The minimum Gasteiger partial charge on any atom is -0.490 e. The zero-order valence-electron chi connectivity index (χ0n) is 13.8. The Morgan fingerprint density at radius 3 is 2.77 bits per heavy atom. The highest BCUT2D eigenvalue weighted by Crippen LogP contribution is 2.25. The predicted molar refractivity (Wildman–Crippen MR) is 86.2 cm³/mol. The van der Waals surface area contributed by atoms with Crippen molar-refractivity contribution < 1.29 is 14.6 Å². The molecule has 0 spiro atoms. The van der Waals surface area contributed by atoms with Gasteiger partial charge in [0, 0.05) is 19.6 Å². The maximum absolute atomic E-state index is 11.6. The molecule has 2 N–H and O–H groups in total. The lowest BCUT2D eigenvalue weighted by atomic mass is 10.1. The second kappa shape index (κ2) is 7.11. The van der Waals surface area contributed by atoms with E-state index in [1.54, 1.807) is 0 Å². The first-order chi connectivity index (χ1) is 10.4. The molecule has 0 saturated carbocycles. The maximum Gasteiger partial charge on any atom is 0.237 e. The van der Waals surface area contributed by atoms with Crippen molar-refractivity contribution in [3.05, 3.63) is 28.8 Å². The topological polar surface area (TPSA) is 61.8 Å². The molecule has 0 bridgehead atoms. The number of benzene rings is 1. The summed E-state index contributed by atoms with van der Waals surface area (Å²) < 4.78 is 5.84. The van der Waals surface area contributed by atoms with Gasteiger partial charge in [0.25, 0.3) is 0 Å². The number of carbonyl (C=O) groups excluding carboxylic acids is 1. The molecule has 5 nitrogen and oxygen atoms in total. The third-order valence-corrected chi connectivity index (χ3v) is 4.36. The van der Waals surface area contributed by atoms with E-state index in [9.17, 15) is 9.90 Å². The van der Waals surface area contributed by atoms with Crippen LogP contribution < -0.4 is 10.1 Å². The Labute approximate surface area is 132 Å². The van der Waals surface area contributed by atoms with Crippen molar-refractivity contribution in [2.45, 2.75) is 39.8 Å². The second-order valence-corrected chi connectivity index (χ2v) is 6.08. The molecule has 1 aliphatic heterocycles. The third-order valence-electron chi connectivity index (χ3n) is 4.36. The largest absolute Gasteiger partial charge is 0.490 e. The number of nitrogens with one attached hydrogen (secondary N) is 1. The number of aliphatic hydroxyl groups is 1. The Morgan fingerprint density at radius 2 is 2.05 bits per heavy atom. The fourth-order valence-electron chi connectivity index (χ4n) is 2.73. The van der Waals surface area contributed by atoms with Crippen molar-refractivity contribution in [2.24, 2.45) is 0 Å². The Bertz CT molecular complexity index is 545. The maximum atomic E-state index is 11.6. The van der Waals surface area contributed by atoms with Gasteiger partial charge < -0.3 is 15.2 Å². The summed E-state index contributed by atoms with van der Waals surface area (Å²) in [6, 6.07) is 3.90. The molecule has 1 aliphatic rings. The van der Waals surface area contributed by atoms with E-state index in [2.05, 4.69) is 11.4 Å². The van der Waals surface area contributed by atoms with E-state index in [0.29, 0.717) is 13.1 Å². The Morgan fingerprint density at radius 1 is 1.36 bits per heavy atom. The van der Waals surface area contributed by atoms with Gasteiger partial charge in [0.15, 0.2) is 0 Å². The lowest BCUT2D eigenvalue weighted by Gasteiger charge is -2.34. The number of rotatable bonds is 5. The first-order valence-corrected chi connectivity index (χ1v) is 7.79. The summed E-state index contributed by atoms with van der Waals surface area (Å²) in [6.07, 6.45) is -0.618. The van der Waals surface area contributed by atoms with Crippen LogP contribution in [0.3, 0.4) is 0 Å². The normalized spacial score (nSPS) is 20.6. The van der Waals surface area contributed by atoms with Gasteiger partial charge >= 0.3 is 0 Å². The average Bonchev–Trinajstić information content (AvgIpc) is 2.48. The van der Waals surface area contributed by atoms with Gasteiger partial charge in [0.1, 0.15) is 18.5 Å². The zero-order chi connectivity index (χ0) is 16.3. The van der Waals surface area contributed by atoms with Crippen LogP contribution in [-0.2, 0) is 4.79 Å². The van der Waals surface area contributed by atoms with E-state index in [1.165, 1.54) is 5.56 Å². The number of piperazine rings is 1. The fraction of sp³-hybridized carbons (Fsp3) is 0.588. The van der Waals surface area contributed by atoms with Crippen LogP contribution in [0.2, 0.25) is 0 Å². The number of nitrogens with zero attached hydrogens (tertiary/aromatic N) is 1. The van der Waals surface area contributed by atoms with Gasteiger partial charge in [0.05, 0.1) is 6.04 Å². The summed E-state index contributed by atoms with van der Waals surface area (Å²) >= 11 is 0. The highest BCUT2D eigenvalue weighted by Gasteiger charge is 2.27. The third kappa shape index (κ3) is 3.78. The standard InChI is InChI=1S/C17H26N2O3/c1-11-5-6-12(2)16(13(11)3)22-10-15(20)9-19-8-7-18-17(21)14(19)4/h5-6,14-15,20H,7-10H2,1-4H3,(H,18,21)/t14-,15-/m1/s1. The average molecular weight is 306 g/mol. The van der Waals surface area contributed by atoms with Crippen molar-refractivity contribution in [3.8, 4) is 5.75 Å². The molecule has 0 radical (unpaired) electrons. The number of ether oxygens (including phenoxy) is 1. The molecule has 1 amide bonds. The fourth-order valence-corrected chi connectivity index (χ4v) is 2.73. The van der Waals surface area contributed by atoms with Crippen molar-refractivity contribution in [1.82, 2.24) is 10.2 Å². The highest BCUT2D eigenvalue weighted by atomic mass is 16.5. The SMILES string of the molecule is Cc1ccc(C)c(OC[C@H](O)CN2CCNC(=O)[C@H]2C)c1C. The minimum atomic E-state index is -0.618. The van der Waals surface area contributed by atoms with Crippen molar-refractivity contribution in [1.29, 1.82) is 0 Å². The van der Waals surface area contributed by atoms with Crippen molar-refractivity contribution in [2.75, 3.05) is 26.2 Å². The van der Waals surface area contributed by atoms with E-state index in [-0.39, 0.29) is 18.6 Å². The summed E-state index contributed by atoms with van der Waals surface area (Å²) in [5, 5.41) is 13.0. The van der Waals surface area contributed by atoms with Gasteiger partial charge in [0.2, 0.25) is 5.91 Å². The molecule has 0 aromatic heterocycles. The molecule has 2 atom stereocenters. The lowest BCUT2D eigenvalue weighted by Crippen LogP contribution is -2.55. The van der Waals surface area contributed by atoms with Crippen molar-refractivity contribution in [3.63, 3.8) is 0 Å². The number of β-amino-alcohol motifs (C(OH)–C–C–N with tert-alkyl or cyclic N) is 1. The molecule has 122 valence electrons. The van der Waals surface area contributed by atoms with Gasteiger partial charge in [-0.1, -0.05) is 12.1 Å². The summed E-state index contributed by atoms with van der Waals surface area (Å²) in [5.41, 5.74) is 3.36. The van der Waals surface area contributed by atoms with Crippen LogP contribution in [0.4, 0.5) is 0 Å². The second-order valence-electron chi connectivity index (χ2n) is 6.08. The molecule has 1 fully saturated rings. The molecule has 1 saturated heterocycles. The molecule has 2 rings (SSSR count). The summed E-state index contributed by atoms with van der Waals surface area (Å²) in [6.45, 7) is 10.0. The summed E-state index contributed by atoms with van der Waals surface area (Å²) in [4.78, 5) is 13.6. The Kier molecular flexibility index (Phi) is 5.42. The van der Waals surface area contributed by atoms with Gasteiger partial charge in [-0.15, -0.1) is 0 Å². The lowest BCUT2D eigenvalue weighted by molar-refractivity contribution is -0.129. The zero-order valence-corrected chi connectivity index (χ0v) is 13.8. The number of hydrogen-bond acceptors (Lipinski definition) is 4. The van der Waals surface area contributed by atoms with Gasteiger partial charge in [-0.2, -0.15) is 0 Å². The number of hydrogen-bond donors (Lipinski definition) is 2.